The molecular weight excluding hydrogens is 360 g/mol. The second-order valence-electron chi connectivity index (χ2n) is 6.99. The molecule has 0 spiro atoms. The fourth-order valence-corrected chi connectivity index (χ4v) is 3.62. The normalized spacial score (nSPS) is 19.3. The number of carboxylic acids is 2. The van der Waals surface area contributed by atoms with Crippen molar-refractivity contribution in [2.75, 3.05) is 11.4 Å². The maximum atomic E-state index is 13.1. The minimum Gasteiger partial charge on any atom is -0.480 e. The molecule has 2 atom stereocenters. The van der Waals surface area contributed by atoms with Crippen LogP contribution < -0.4 is 10.2 Å². The third-order valence-electron chi connectivity index (χ3n) is 5.03. The predicted molar refractivity (Wildman–Crippen MR) is 103 cm³/mol. The van der Waals surface area contributed by atoms with Gasteiger partial charge < -0.3 is 10.2 Å². The molecule has 1 heterocycles. The van der Waals surface area contributed by atoms with E-state index in [-0.39, 0.29) is 0 Å². The monoisotopic (exact) mass is 382 g/mol. The van der Waals surface area contributed by atoms with Crippen molar-refractivity contribution in [1.82, 2.24) is 5.32 Å². The van der Waals surface area contributed by atoms with E-state index in [1.165, 1.54) is 4.90 Å². The van der Waals surface area contributed by atoms with Gasteiger partial charge in [-0.15, -0.1) is 0 Å². The van der Waals surface area contributed by atoms with Crippen LogP contribution in [0.1, 0.15) is 24.5 Å². The number of hydrogen-bond acceptors (Lipinski definition) is 4. The molecule has 0 saturated carbocycles. The van der Waals surface area contributed by atoms with Gasteiger partial charge in [0.15, 0.2) is 0 Å². The largest absolute Gasteiger partial charge is 0.480 e. The smallest absolute Gasteiger partial charge is 0.323 e. The molecule has 2 aromatic carbocycles. The molecule has 0 fully saturated rings. The molecule has 0 saturated heterocycles. The summed E-state index contributed by atoms with van der Waals surface area (Å²) in [7, 11) is 0. The molecule has 7 heteroatoms. The summed E-state index contributed by atoms with van der Waals surface area (Å²) in [6, 6.07) is 15.4. The van der Waals surface area contributed by atoms with Crippen molar-refractivity contribution in [2.24, 2.45) is 0 Å². The summed E-state index contributed by atoms with van der Waals surface area (Å²) in [6.07, 6.45) is 0.832. The molecule has 1 aliphatic rings. The number of rotatable bonds is 8. The van der Waals surface area contributed by atoms with Gasteiger partial charge in [0, 0.05) is 11.3 Å². The predicted octanol–water partition coefficient (Wildman–Crippen LogP) is 2.01. The van der Waals surface area contributed by atoms with Crippen LogP contribution in [0.4, 0.5) is 5.69 Å². The fourth-order valence-electron chi connectivity index (χ4n) is 3.62. The highest BCUT2D eigenvalue weighted by Gasteiger charge is 2.49. The summed E-state index contributed by atoms with van der Waals surface area (Å²) in [5.74, 6) is -2.66. The van der Waals surface area contributed by atoms with E-state index in [0.717, 1.165) is 5.56 Å². The zero-order valence-corrected chi connectivity index (χ0v) is 15.5. The number of amides is 1. The average molecular weight is 382 g/mol. The Morgan fingerprint density at radius 1 is 1.07 bits per heavy atom. The van der Waals surface area contributed by atoms with E-state index in [1.807, 2.05) is 30.3 Å². The highest BCUT2D eigenvalue weighted by atomic mass is 16.4. The van der Waals surface area contributed by atoms with Gasteiger partial charge in [-0.1, -0.05) is 48.5 Å². The SMILES string of the molecule is CC1(NC(CCc2ccccc2)C(=O)O)C(=O)N(CC(=O)O)c2ccccc21. The van der Waals surface area contributed by atoms with Crippen molar-refractivity contribution in [3.05, 3.63) is 65.7 Å². The Morgan fingerprint density at radius 3 is 2.36 bits per heavy atom. The average Bonchev–Trinajstić information content (AvgIpc) is 2.88. The molecule has 0 bridgehead atoms. The van der Waals surface area contributed by atoms with Gasteiger partial charge in [-0.25, -0.2) is 0 Å². The van der Waals surface area contributed by atoms with E-state index in [2.05, 4.69) is 5.32 Å². The minimum atomic E-state index is -1.31. The van der Waals surface area contributed by atoms with Gasteiger partial charge in [-0.2, -0.15) is 0 Å². The van der Waals surface area contributed by atoms with Crippen LogP contribution in [0.5, 0.6) is 0 Å². The van der Waals surface area contributed by atoms with Gasteiger partial charge in [0.2, 0.25) is 0 Å². The van der Waals surface area contributed by atoms with Gasteiger partial charge in [-0.05, 0) is 31.4 Å². The maximum Gasteiger partial charge on any atom is 0.323 e. The zero-order chi connectivity index (χ0) is 20.3. The van der Waals surface area contributed by atoms with Crippen LogP contribution in [0.2, 0.25) is 0 Å². The van der Waals surface area contributed by atoms with Gasteiger partial charge >= 0.3 is 11.9 Å². The van der Waals surface area contributed by atoms with Crippen LogP contribution in [-0.4, -0.2) is 40.6 Å². The first-order valence-electron chi connectivity index (χ1n) is 9.00. The summed E-state index contributed by atoms with van der Waals surface area (Å²) in [4.78, 5) is 37.3. The highest BCUT2D eigenvalue weighted by Crippen LogP contribution is 2.40. The third kappa shape index (κ3) is 3.75. The van der Waals surface area contributed by atoms with Crippen molar-refractivity contribution in [3.63, 3.8) is 0 Å². The molecule has 2 unspecified atom stereocenters. The number of aliphatic carboxylic acids is 2. The topological polar surface area (TPSA) is 107 Å². The number of nitrogens with zero attached hydrogens (tertiary/aromatic N) is 1. The summed E-state index contributed by atoms with van der Waals surface area (Å²) >= 11 is 0. The number of carboxylic acid groups (broad SMARTS) is 2. The number of nitrogens with one attached hydrogen (secondary N) is 1. The Bertz CT molecular complexity index is 899. The third-order valence-corrected chi connectivity index (χ3v) is 5.03. The fraction of sp³-hybridized carbons (Fsp3) is 0.286. The van der Waals surface area contributed by atoms with E-state index in [9.17, 15) is 19.5 Å². The molecular formula is C21H22N2O5. The summed E-state index contributed by atoms with van der Waals surface area (Å²) < 4.78 is 0. The quantitative estimate of drug-likeness (QED) is 0.645. The molecule has 0 radical (unpaired) electrons. The van der Waals surface area contributed by atoms with Crippen LogP contribution in [0.3, 0.4) is 0 Å². The van der Waals surface area contributed by atoms with E-state index in [4.69, 9.17) is 5.11 Å². The second kappa shape index (κ2) is 7.82. The van der Waals surface area contributed by atoms with E-state index in [0.29, 0.717) is 24.1 Å². The minimum absolute atomic E-state index is 0.295. The number of fused-ring (bicyclic) bond motifs is 1. The lowest BCUT2D eigenvalue weighted by Gasteiger charge is -2.29. The molecule has 0 aliphatic carbocycles. The van der Waals surface area contributed by atoms with Crippen LogP contribution in [0.15, 0.2) is 54.6 Å². The van der Waals surface area contributed by atoms with Crippen molar-refractivity contribution >= 4 is 23.5 Å². The molecule has 3 N–H and O–H groups in total. The molecule has 1 aliphatic heterocycles. The zero-order valence-electron chi connectivity index (χ0n) is 15.5. The molecule has 146 valence electrons. The lowest BCUT2D eigenvalue weighted by Crippen LogP contribution is -2.55. The Hall–Kier alpha value is -3.19. The van der Waals surface area contributed by atoms with E-state index in [1.54, 1.807) is 31.2 Å². The summed E-state index contributed by atoms with van der Waals surface area (Å²) in [5, 5.41) is 21.8. The van der Waals surface area contributed by atoms with Gasteiger partial charge in [0.05, 0.1) is 0 Å². The van der Waals surface area contributed by atoms with E-state index >= 15 is 0 Å². The Balaban J connectivity index is 1.86. The van der Waals surface area contributed by atoms with Crippen LogP contribution in [0, 0.1) is 0 Å². The molecule has 2 aromatic rings. The first-order valence-corrected chi connectivity index (χ1v) is 9.00. The number of hydrogen-bond donors (Lipinski definition) is 3. The Morgan fingerprint density at radius 2 is 1.71 bits per heavy atom. The number of anilines is 1. The van der Waals surface area contributed by atoms with Gasteiger partial charge in [0.1, 0.15) is 18.1 Å². The van der Waals surface area contributed by atoms with Crippen molar-refractivity contribution in [3.8, 4) is 0 Å². The lowest BCUT2D eigenvalue weighted by molar-refractivity contribution is -0.141. The standard InChI is InChI=1S/C21H22N2O5/c1-21(22-16(19(26)27)12-11-14-7-3-2-4-8-14)15-9-5-6-10-17(15)23(20(21)28)13-18(24)25/h2-10,16,22H,11-13H2,1H3,(H,24,25)(H,26,27). The van der Waals surface area contributed by atoms with Crippen LogP contribution in [0.25, 0.3) is 0 Å². The van der Waals surface area contributed by atoms with Crippen molar-refractivity contribution in [2.45, 2.75) is 31.3 Å². The highest BCUT2D eigenvalue weighted by molar-refractivity contribution is 6.09. The van der Waals surface area contributed by atoms with E-state index < -0.39 is 36.0 Å². The molecule has 28 heavy (non-hydrogen) atoms. The van der Waals surface area contributed by atoms with Crippen LogP contribution in [-0.2, 0) is 26.3 Å². The first-order chi connectivity index (χ1) is 13.3. The number of carbonyl (C=O) groups excluding carboxylic acids is 1. The van der Waals surface area contributed by atoms with Crippen molar-refractivity contribution in [1.29, 1.82) is 0 Å². The first kappa shape index (κ1) is 19.6. The second-order valence-corrected chi connectivity index (χ2v) is 6.99. The van der Waals surface area contributed by atoms with Crippen molar-refractivity contribution < 1.29 is 24.6 Å². The Labute approximate surface area is 162 Å². The van der Waals surface area contributed by atoms with Gasteiger partial charge in [-0.3, -0.25) is 24.6 Å². The summed E-state index contributed by atoms with van der Waals surface area (Å²) in [6.45, 7) is 1.13. The molecule has 3 rings (SSSR count). The number of aryl methyl sites for hydroxylation is 1. The number of para-hydroxylation sites is 1. The van der Waals surface area contributed by atoms with Crippen LogP contribution >= 0.6 is 0 Å². The molecule has 0 aromatic heterocycles. The van der Waals surface area contributed by atoms with Gasteiger partial charge in [0.25, 0.3) is 5.91 Å². The number of benzene rings is 2. The molecule has 1 amide bonds. The number of carbonyl (C=O) groups is 3. The molecule has 7 nitrogen and oxygen atoms in total. The lowest BCUT2D eigenvalue weighted by atomic mass is 9.91. The Kier molecular flexibility index (Phi) is 5.46. The maximum absolute atomic E-state index is 13.1. The summed E-state index contributed by atoms with van der Waals surface area (Å²) in [5.41, 5.74) is 0.752.